The summed E-state index contributed by atoms with van der Waals surface area (Å²) in [7, 11) is 1.80. The van der Waals surface area contributed by atoms with Crippen LogP contribution in [0.4, 0.5) is 4.39 Å². The molecule has 0 saturated carbocycles. The Balaban J connectivity index is 2.69. The van der Waals surface area contributed by atoms with Gasteiger partial charge in [-0.15, -0.1) is 0 Å². The second kappa shape index (κ2) is 5.82. The van der Waals surface area contributed by atoms with E-state index in [9.17, 15) is 9.18 Å². The molecule has 0 radical (unpaired) electrons. The van der Waals surface area contributed by atoms with E-state index >= 15 is 0 Å². The molecular formula is C10H12BrFN2O. The molecule has 1 aromatic carbocycles. The first-order valence-corrected chi connectivity index (χ1v) is 5.33. The van der Waals surface area contributed by atoms with Crippen LogP contribution in [0.5, 0.6) is 0 Å². The van der Waals surface area contributed by atoms with Crippen LogP contribution >= 0.6 is 15.9 Å². The molecule has 5 heteroatoms. The minimum Gasteiger partial charge on any atom is -0.351 e. The SMILES string of the molecule is CNCCNC(=O)c1cccc(F)c1Br. The largest absolute Gasteiger partial charge is 0.351 e. The van der Waals surface area contributed by atoms with Crippen molar-refractivity contribution in [3.63, 3.8) is 0 Å². The summed E-state index contributed by atoms with van der Waals surface area (Å²) in [6.07, 6.45) is 0. The van der Waals surface area contributed by atoms with E-state index in [1.807, 2.05) is 0 Å². The number of carbonyl (C=O) groups excluding carboxylic acids is 1. The van der Waals surface area contributed by atoms with Gasteiger partial charge < -0.3 is 10.6 Å². The van der Waals surface area contributed by atoms with Crippen molar-refractivity contribution in [3.8, 4) is 0 Å². The molecule has 3 nitrogen and oxygen atoms in total. The summed E-state index contributed by atoms with van der Waals surface area (Å²) >= 11 is 3.04. The molecule has 0 aliphatic carbocycles. The number of benzene rings is 1. The predicted octanol–water partition coefficient (Wildman–Crippen LogP) is 1.54. The molecule has 0 aliphatic heterocycles. The van der Waals surface area contributed by atoms with Crippen molar-refractivity contribution in [2.45, 2.75) is 0 Å². The number of hydrogen-bond acceptors (Lipinski definition) is 2. The van der Waals surface area contributed by atoms with Crippen molar-refractivity contribution >= 4 is 21.8 Å². The molecule has 1 aromatic rings. The third-order valence-corrected chi connectivity index (χ3v) is 2.66. The van der Waals surface area contributed by atoms with Gasteiger partial charge in [0.25, 0.3) is 5.91 Å². The fourth-order valence-corrected chi connectivity index (χ4v) is 1.52. The molecule has 2 N–H and O–H groups in total. The van der Waals surface area contributed by atoms with Crippen molar-refractivity contribution in [2.75, 3.05) is 20.1 Å². The Bertz CT molecular complexity index is 357. The van der Waals surface area contributed by atoms with Crippen LogP contribution in [0.25, 0.3) is 0 Å². The molecule has 1 rings (SSSR count). The van der Waals surface area contributed by atoms with Gasteiger partial charge in [0.15, 0.2) is 0 Å². The lowest BCUT2D eigenvalue weighted by Gasteiger charge is -2.06. The van der Waals surface area contributed by atoms with Crippen molar-refractivity contribution in [3.05, 3.63) is 34.1 Å². The third kappa shape index (κ3) is 3.28. The topological polar surface area (TPSA) is 41.1 Å². The maximum absolute atomic E-state index is 13.1. The lowest BCUT2D eigenvalue weighted by Crippen LogP contribution is -2.30. The van der Waals surface area contributed by atoms with Crippen molar-refractivity contribution in [2.24, 2.45) is 0 Å². The summed E-state index contributed by atoms with van der Waals surface area (Å²) in [6.45, 7) is 1.19. The van der Waals surface area contributed by atoms with Crippen molar-refractivity contribution in [1.82, 2.24) is 10.6 Å². The van der Waals surface area contributed by atoms with Gasteiger partial charge in [0.1, 0.15) is 5.82 Å². The van der Waals surface area contributed by atoms with Gasteiger partial charge >= 0.3 is 0 Å². The maximum atomic E-state index is 13.1. The number of nitrogens with one attached hydrogen (secondary N) is 2. The summed E-state index contributed by atoms with van der Waals surface area (Å²) in [5.41, 5.74) is 0.311. The average Bonchev–Trinajstić information content (AvgIpc) is 2.22. The van der Waals surface area contributed by atoms with Crippen molar-refractivity contribution in [1.29, 1.82) is 0 Å². The third-order valence-electron chi connectivity index (χ3n) is 1.86. The summed E-state index contributed by atoms with van der Waals surface area (Å²) < 4.78 is 13.3. The Kier molecular flexibility index (Phi) is 4.71. The highest BCUT2D eigenvalue weighted by atomic mass is 79.9. The first-order chi connectivity index (χ1) is 7.16. The zero-order chi connectivity index (χ0) is 11.3. The fourth-order valence-electron chi connectivity index (χ4n) is 1.08. The molecule has 82 valence electrons. The standard InChI is InChI=1S/C10H12BrFN2O/c1-13-5-6-14-10(15)7-3-2-4-8(12)9(7)11/h2-4,13H,5-6H2,1H3,(H,14,15). The number of hydrogen-bond donors (Lipinski definition) is 2. The first-order valence-electron chi connectivity index (χ1n) is 4.53. The van der Waals surface area contributed by atoms with E-state index in [-0.39, 0.29) is 10.4 Å². The molecular weight excluding hydrogens is 263 g/mol. The van der Waals surface area contributed by atoms with Gasteiger partial charge in [0, 0.05) is 13.1 Å². The minimum absolute atomic E-state index is 0.201. The van der Waals surface area contributed by atoms with Crippen LogP contribution in [-0.4, -0.2) is 26.0 Å². The average molecular weight is 275 g/mol. The quantitative estimate of drug-likeness (QED) is 0.818. The van der Waals surface area contributed by atoms with Crippen LogP contribution in [0.1, 0.15) is 10.4 Å². The highest BCUT2D eigenvalue weighted by Crippen LogP contribution is 2.19. The van der Waals surface area contributed by atoms with E-state index in [4.69, 9.17) is 0 Å². The molecule has 0 aliphatic rings. The fraction of sp³-hybridized carbons (Fsp3) is 0.300. The van der Waals surface area contributed by atoms with E-state index in [0.717, 1.165) is 0 Å². The van der Waals surface area contributed by atoms with E-state index in [0.29, 0.717) is 18.7 Å². The Hall–Kier alpha value is -0.940. The summed E-state index contributed by atoms with van der Waals surface area (Å²) in [4.78, 5) is 11.6. The Morgan fingerprint density at radius 2 is 2.20 bits per heavy atom. The normalized spacial score (nSPS) is 10.1. The maximum Gasteiger partial charge on any atom is 0.252 e. The first kappa shape index (κ1) is 12.1. The minimum atomic E-state index is -0.434. The number of amides is 1. The molecule has 0 heterocycles. The van der Waals surface area contributed by atoms with Gasteiger partial charge in [-0.3, -0.25) is 4.79 Å². The smallest absolute Gasteiger partial charge is 0.252 e. The summed E-state index contributed by atoms with van der Waals surface area (Å²) in [5.74, 6) is -0.715. The number of carbonyl (C=O) groups is 1. The van der Waals surface area contributed by atoms with Crippen LogP contribution < -0.4 is 10.6 Å². The Morgan fingerprint density at radius 1 is 1.47 bits per heavy atom. The molecule has 0 saturated heterocycles. The van der Waals surface area contributed by atoms with E-state index in [2.05, 4.69) is 26.6 Å². The highest BCUT2D eigenvalue weighted by molar-refractivity contribution is 9.10. The molecule has 15 heavy (non-hydrogen) atoms. The van der Waals surface area contributed by atoms with Crippen LogP contribution in [0.15, 0.2) is 22.7 Å². The van der Waals surface area contributed by atoms with Gasteiger partial charge in [-0.1, -0.05) is 6.07 Å². The van der Waals surface area contributed by atoms with Gasteiger partial charge in [0.05, 0.1) is 10.0 Å². The van der Waals surface area contributed by atoms with Crippen molar-refractivity contribution < 1.29 is 9.18 Å². The lowest BCUT2D eigenvalue weighted by molar-refractivity contribution is 0.0953. The van der Waals surface area contributed by atoms with Crippen LogP contribution in [0.3, 0.4) is 0 Å². The second-order valence-electron chi connectivity index (χ2n) is 2.96. The highest BCUT2D eigenvalue weighted by Gasteiger charge is 2.11. The van der Waals surface area contributed by atoms with E-state index in [1.165, 1.54) is 12.1 Å². The number of rotatable bonds is 4. The molecule has 0 unspecified atom stereocenters. The van der Waals surface area contributed by atoms with E-state index < -0.39 is 5.82 Å². The van der Waals surface area contributed by atoms with Crippen LogP contribution in [0, 0.1) is 5.82 Å². The Labute approximate surface area is 96.2 Å². The van der Waals surface area contributed by atoms with Crippen LogP contribution in [0.2, 0.25) is 0 Å². The monoisotopic (exact) mass is 274 g/mol. The molecule has 0 aromatic heterocycles. The lowest BCUT2D eigenvalue weighted by atomic mass is 10.2. The molecule has 0 bridgehead atoms. The van der Waals surface area contributed by atoms with Gasteiger partial charge in [-0.2, -0.15) is 0 Å². The zero-order valence-corrected chi connectivity index (χ0v) is 9.90. The van der Waals surface area contributed by atoms with Gasteiger partial charge in [-0.05, 0) is 35.1 Å². The molecule has 0 fully saturated rings. The summed E-state index contributed by atoms with van der Waals surface area (Å²) in [5, 5.41) is 5.57. The predicted molar refractivity (Wildman–Crippen MR) is 60.4 cm³/mol. The zero-order valence-electron chi connectivity index (χ0n) is 8.31. The molecule has 0 spiro atoms. The second-order valence-corrected chi connectivity index (χ2v) is 3.75. The van der Waals surface area contributed by atoms with Gasteiger partial charge in [0.2, 0.25) is 0 Å². The Morgan fingerprint density at radius 3 is 2.87 bits per heavy atom. The summed E-state index contributed by atoms with van der Waals surface area (Å²) in [6, 6.07) is 4.38. The number of likely N-dealkylation sites (N-methyl/N-ethyl adjacent to an activating group) is 1. The number of halogens is 2. The van der Waals surface area contributed by atoms with Crippen LogP contribution in [-0.2, 0) is 0 Å². The van der Waals surface area contributed by atoms with Gasteiger partial charge in [-0.25, -0.2) is 4.39 Å². The molecule has 1 amide bonds. The van der Waals surface area contributed by atoms with E-state index in [1.54, 1.807) is 13.1 Å². The molecule has 0 atom stereocenters.